The van der Waals surface area contributed by atoms with Gasteiger partial charge >= 0.3 is 5.97 Å². The van der Waals surface area contributed by atoms with Crippen molar-refractivity contribution in [3.8, 4) is 11.5 Å². The van der Waals surface area contributed by atoms with Crippen LogP contribution in [0, 0.1) is 6.92 Å². The Labute approximate surface area is 86.4 Å². The lowest BCUT2D eigenvalue weighted by atomic mass is 10.0. The van der Waals surface area contributed by atoms with Crippen molar-refractivity contribution in [2.75, 3.05) is 12.8 Å². The first-order valence-electron chi connectivity index (χ1n) is 4.43. The number of benzene rings is 1. The predicted molar refractivity (Wildman–Crippen MR) is 52.9 cm³/mol. The lowest BCUT2D eigenvalue weighted by Crippen LogP contribution is -2.02. The molecule has 0 saturated heterocycles. The highest BCUT2D eigenvalue weighted by molar-refractivity contribution is 5.99. The second kappa shape index (κ2) is 3.05. The van der Waals surface area contributed by atoms with Gasteiger partial charge in [-0.3, -0.25) is 0 Å². The number of fused-ring (bicyclic) bond motifs is 1. The van der Waals surface area contributed by atoms with Gasteiger partial charge in [-0.15, -0.1) is 0 Å². The third-order valence-electron chi connectivity index (χ3n) is 2.56. The number of methoxy groups -OCH3 is 1. The molecule has 80 valence electrons. The number of aromatic hydroxyl groups is 1. The van der Waals surface area contributed by atoms with Gasteiger partial charge in [0.15, 0.2) is 0 Å². The fraction of sp³-hybridized carbons (Fsp3) is 0.300. The number of nitrogen functional groups attached to an aromatic ring is 1. The van der Waals surface area contributed by atoms with Crippen molar-refractivity contribution in [1.82, 2.24) is 0 Å². The Balaban J connectivity index is 2.80. The van der Waals surface area contributed by atoms with Crippen molar-refractivity contribution >= 4 is 11.7 Å². The van der Waals surface area contributed by atoms with Crippen LogP contribution in [0.1, 0.15) is 21.5 Å². The number of carbonyl (C=O) groups excluding carboxylic acids is 1. The average molecular weight is 209 g/mol. The van der Waals surface area contributed by atoms with E-state index >= 15 is 0 Å². The van der Waals surface area contributed by atoms with E-state index in [0.717, 1.165) is 0 Å². The maximum absolute atomic E-state index is 11.3. The fourth-order valence-corrected chi connectivity index (χ4v) is 1.75. The van der Waals surface area contributed by atoms with Crippen LogP contribution in [0.4, 0.5) is 5.69 Å². The molecular weight excluding hydrogens is 198 g/mol. The van der Waals surface area contributed by atoms with E-state index in [-0.39, 0.29) is 17.9 Å². The van der Waals surface area contributed by atoms with Gasteiger partial charge in [-0.2, -0.15) is 0 Å². The van der Waals surface area contributed by atoms with Crippen LogP contribution in [0.2, 0.25) is 0 Å². The molecule has 0 aliphatic carbocycles. The summed E-state index contributed by atoms with van der Waals surface area (Å²) in [4.78, 5) is 11.3. The highest BCUT2D eigenvalue weighted by Crippen LogP contribution is 2.42. The number of anilines is 1. The summed E-state index contributed by atoms with van der Waals surface area (Å²) in [6.45, 7) is 1.72. The number of cyclic esters (lactones) is 1. The van der Waals surface area contributed by atoms with Crippen molar-refractivity contribution in [3.63, 3.8) is 0 Å². The van der Waals surface area contributed by atoms with Crippen molar-refractivity contribution in [1.29, 1.82) is 0 Å². The number of esters is 1. The van der Waals surface area contributed by atoms with Gasteiger partial charge in [-0.05, 0) is 6.92 Å². The van der Waals surface area contributed by atoms with Crippen LogP contribution in [-0.2, 0) is 11.3 Å². The van der Waals surface area contributed by atoms with Gasteiger partial charge in [0, 0.05) is 11.1 Å². The molecule has 0 saturated carbocycles. The van der Waals surface area contributed by atoms with Crippen LogP contribution >= 0.6 is 0 Å². The Kier molecular flexibility index (Phi) is 1.96. The van der Waals surface area contributed by atoms with Crippen LogP contribution in [0.5, 0.6) is 11.5 Å². The summed E-state index contributed by atoms with van der Waals surface area (Å²) in [6, 6.07) is 0. The molecule has 1 heterocycles. The number of carbonyl (C=O) groups is 1. The molecule has 3 N–H and O–H groups in total. The SMILES string of the molecule is COc1c(C)c(O)c2c(c1N)COC2=O. The topological polar surface area (TPSA) is 81.8 Å². The molecule has 0 fully saturated rings. The van der Waals surface area contributed by atoms with Crippen LogP contribution in [0.3, 0.4) is 0 Å². The van der Waals surface area contributed by atoms with E-state index in [1.807, 2.05) is 0 Å². The average Bonchev–Trinajstić information content (AvgIpc) is 2.58. The van der Waals surface area contributed by atoms with Crippen LogP contribution in [0.25, 0.3) is 0 Å². The second-order valence-corrected chi connectivity index (χ2v) is 3.35. The molecule has 1 aliphatic rings. The summed E-state index contributed by atoms with van der Waals surface area (Å²) < 4.78 is 9.87. The van der Waals surface area contributed by atoms with E-state index in [1.54, 1.807) is 6.92 Å². The van der Waals surface area contributed by atoms with E-state index in [4.69, 9.17) is 15.2 Å². The Morgan fingerprint density at radius 3 is 2.80 bits per heavy atom. The lowest BCUT2D eigenvalue weighted by Gasteiger charge is -2.12. The molecule has 1 aromatic rings. The summed E-state index contributed by atoms with van der Waals surface area (Å²) >= 11 is 0. The normalized spacial score (nSPS) is 13.6. The first-order valence-corrected chi connectivity index (χ1v) is 4.43. The number of rotatable bonds is 1. The fourth-order valence-electron chi connectivity index (χ4n) is 1.75. The number of nitrogens with two attached hydrogens (primary N) is 1. The molecule has 0 bridgehead atoms. The number of ether oxygens (including phenoxy) is 2. The number of hydrogen-bond donors (Lipinski definition) is 2. The van der Waals surface area contributed by atoms with Crippen molar-refractivity contribution in [3.05, 3.63) is 16.7 Å². The Bertz CT molecular complexity index is 453. The Morgan fingerprint density at radius 1 is 1.53 bits per heavy atom. The second-order valence-electron chi connectivity index (χ2n) is 3.35. The summed E-state index contributed by atoms with van der Waals surface area (Å²) in [5.41, 5.74) is 7.27. The molecule has 2 rings (SSSR count). The molecule has 1 aromatic carbocycles. The van der Waals surface area contributed by atoms with Crippen molar-refractivity contribution < 1.29 is 19.4 Å². The maximum atomic E-state index is 11.3. The van der Waals surface area contributed by atoms with Crippen LogP contribution in [-0.4, -0.2) is 18.2 Å². The largest absolute Gasteiger partial charge is 0.507 e. The van der Waals surface area contributed by atoms with E-state index in [9.17, 15) is 9.90 Å². The zero-order valence-electron chi connectivity index (χ0n) is 8.46. The number of phenols is 1. The van der Waals surface area contributed by atoms with Gasteiger partial charge in [0.25, 0.3) is 0 Å². The summed E-state index contributed by atoms with van der Waals surface area (Å²) in [5, 5.41) is 9.79. The van der Waals surface area contributed by atoms with E-state index in [1.165, 1.54) is 7.11 Å². The van der Waals surface area contributed by atoms with Gasteiger partial charge < -0.3 is 20.3 Å². The number of phenolic OH excluding ortho intramolecular Hbond substituents is 1. The minimum Gasteiger partial charge on any atom is -0.507 e. The van der Waals surface area contributed by atoms with Gasteiger partial charge in [-0.25, -0.2) is 4.79 Å². The number of hydrogen-bond acceptors (Lipinski definition) is 5. The summed E-state index contributed by atoms with van der Waals surface area (Å²) in [6.07, 6.45) is 0. The molecule has 5 nitrogen and oxygen atoms in total. The maximum Gasteiger partial charge on any atom is 0.342 e. The molecule has 15 heavy (non-hydrogen) atoms. The summed E-state index contributed by atoms with van der Waals surface area (Å²) in [5.74, 6) is -0.261. The van der Waals surface area contributed by atoms with Gasteiger partial charge in [0.05, 0.1) is 12.8 Å². The smallest absolute Gasteiger partial charge is 0.342 e. The van der Waals surface area contributed by atoms with Crippen LogP contribution < -0.4 is 10.5 Å². The molecule has 0 amide bonds. The third-order valence-corrected chi connectivity index (χ3v) is 2.56. The predicted octanol–water partition coefficient (Wildman–Crippen LogP) is 0.962. The molecule has 0 spiro atoms. The van der Waals surface area contributed by atoms with E-state index < -0.39 is 5.97 Å². The van der Waals surface area contributed by atoms with Gasteiger partial charge in [0.2, 0.25) is 0 Å². The highest BCUT2D eigenvalue weighted by Gasteiger charge is 2.31. The van der Waals surface area contributed by atoms with E-state index in [0.29, 0.717) is 22.6 Å². The van der Waals surface area contributed by atoms with Crippen molar-refractivity contribution in [2.24, 2.45) is 0 Å². The quantitative estimate of drug-likeness (QED) is 0.409. The minimum absolute atomic E-state index is 0.0875. The van der Waals surface area contributed by atoms with E-state index in [2.05, 4.69) is 0 Å². The molecule has 0 atom stereocenters. The minimum atomic E-state index is -0.542. The standard InChI is InChI=1S/C10H11NO4/c1-4-8(12)6-5(3-15-10(6)13)7(11)9(4)14-2/h12H,3,11H2,1-2H3. The molecule has 0 aromatic heterocycles. The third kappa shape index (κ3) is 1.12. The summed E-state index contributed by atoms with van der Waals surface area (Å²) in [7, 11) is 1.46. The molecular formula is C10H11NO4. The zero-order valence-corrected chi connectivity index (χ0v) is 8.46. The molecule has 5 heteroatoms. The molecule has 0 radical (unpaired) electrons. The first-order chi connectivity index (χ1) is 7.07. The molecule has 0 unspecified atom stereocenters. The monoisotopic (exact) mass is 209 g/mol. The Morgan fingerprint density at radius 2 is 2.20 bits per heavy atom. The Hall–Kier alpha value is -1.91. The zero-order chi connectivity index (χ0) is 11.2. The molecule has 1 aliphatic heterocycles. The van der Waals surface area contributed by atoms with Crippen LogP contribution in [0.15, 0.2) is 0 Å². The highest BCUT2D eigenvalue weighted by atomic mass is 16.5. The van der Waals surface area contributed by atoms with Gasteiger partial charge in [-0.1, -0.05) is 0 Å². The lowest BCUT2D eigenvalue weighted by molar-refractivity contribution is 0.0533. The van der Waals surface area contributed by atoms with Crippen molar-refractivity contribution in [2.45, 2.75) is 13.5 Å². The van der Waals surface area contributed by atoms with Gasteiger partial charge in [0.1, 0.15) is 23.7 Å². The first kappa shape index (κ1) is 9.64.